The molecule has 30 heavy (non-hydrogen) atoms. The molecule has 0 radical (unpaired) electrons. The topological polar surface area (TPSA) is 73.6 Å². The van der Waals surface area contributed by atoms with Crippen molar-refractivity contribution in [2.45, 2.75) is 12.6 Å². The Bertz CT molecular complexity index is 984. The van der Waals surface area contributed by atoms with E-state index in [-0.39, 0.29) is 37.5 Å². The molecular formula is C23H26ClFN2O3. The SMILES string of the molecule is COCCOCc1cc(C(=O)NC(CN)c2ccc3ccccc3c2)ccc1F.Cl. The van der Waals surface area contributed by atoms with Gasteiger partial charge in [0, 0.05) is 24.8 Å². The number of methoxy groups -OCH3 is 1. The number of rotatable bonds is 9. The van der Waals surface area contributed by atoms with Crippen LogP contribution in [0.15, 0.2) is 60.7 Å². The van der Waals surface area contributed by atoms with E-state index >= 15 is 0 Å². The Morgan fingerprint density at radius 2 is 1.83 bits per heavy atom. The summed E-state index contributed by atoms with van der Waals surface area (Å²) in [7, 11) is 1.57. The number of nitrogens with two attached hydrogens (primary N) is 1. The van der Waals surface area contributed by atoms with Gasteiger partial charge in [0.15, 0.2) is 0 Å². The Hall–Kier alpha value is -2.51. The van der Waals surface area contributed by atoms with Crippen molar-refractivity contribution in [2.24, 2.45) is 5.73 Å². The molecule has 0 spiro atoms. The monoisotopic (exact) mass is 432 g/mol. The largest absolute Gasteiger partial charge is 0.382 e. The molecule has 5 nitrogen and oxygen atoms in total. The first-order valence-corrected chi connectivity index (χ1v) is 9.47. The summed E-state index contributed by atoms with van der Waals surface area (Å²) < 4.78 is 24.3. The van der Waals surface area contributed by atoms with E-state index < -0.39 is 5.82 Å². The van der Waals surface area contributed by atoms with Crippen molar-refractivity contribution in [3.8, 4) is 0 Å². The van der Waals surface area contributed by atoms with Gasteiger partial charge in [-0.05, 0) is 40.6 Å². The summed E-state index contributed by atoms with van der Waals surface area (Å²) in [6.07, 6.45) is 0. The molecule has 0 aromatic heterocycles. The van der Waals surface area contributed by atoms with Gasteiger partial charge in [-0.25, -0.2) is 4.39 Å². The number of carbonyl (C=O) groups is 1. The van der Waals surface area contributed by atoms with Gasteiger partial charge >= 0.3 is 0 Å². The van der Waals surface area contributed by atoms with E-state index in [1.165, 1.54) is 18.2 Å². The van der Waals surface area contributed by atoms with Crippen molar-refractivity contribution >= 4 is 29.1 Å². The highest BCUT2D eigenvalue weighted by molar-refractivity contribution is 5.94. The fourth-order valence-corrected chi connectivity index (χ4v) is 3.10. The average molecular weight is 433 g/mol. The van der Waals surface area contributed by atoms with Gasteiger partial charge in [-0.2, -0.15) is 0 Å². The third kappa shape index (κ3) is 6.00. The van der Waals surface area contributed by atoms with E-state index in [2.05, 4.69) is 5.32 Å². The molecule has 1 unspecified atom stereocenters. The lowest BCUT2D eigenvalue weighted by Gasteiger charge is -2.18. The quantitative estimate of drug-likeness (QED) is 0.501. The van der Waals surface area contributed by atoms with Crippen molar-refractivity contribution in [3.05, 3.63) is 83.2 Å². The summed E-state index contributed by atoms with van der Waals surface area (Å²) in [6.45, 7) is 1.09. The minimum absolute atomic E-state index is 0. The van der Waals surface area contributed by atoms with Crippen molar-refractivity contribution in [1.29, 1.82) is 0 Å². The molecule has 3 rings (SSSR count). The zero-order chi connectivity index (χ0) is 20.6. The molecular weight excluding hydrogens is 407 g/mol. The van der Waals surface area contributed by atoms with Gasteiger partial charge in [0.25, 0.3) is 5.91 Å². The normalized spacial score (nSPS) is 11.7. The highest BCUT2D eigenvalue weighted by Crippen LogP contribution is 2.21. The van der Waals surface area contributed by atoms with E-state index in [0.717, 1.165) is 16.3 Å². The second kappa shape index (κ2) is 11.6. The second-order valence-corrected chi connectivity index (χ2v) is 6.72. The van der Waals surface area contributed by atoms with Gasteiger partial charge < -0.3 is 20.5 Å². The summed E-state index contributed by atoms with van der Waals surface area (Å²) in [4.78, 5) is 12.7. The number of ether oxygens (including phenoxy) is 2. The van der Waals surface area contributed by atoms with Crippen molar-refractivity contribution in [1.82, 2.24) is 5.32 Å². The number of fused-ring (bicyclic) bond motifs is 1. The fourth-order valence-electron chi connectivity index (χ4n) is 3.10. The molecule has 0 saturated carbocycles. The summed E-state index contributed by atoms with van der Waals surface area (Å²) >= 11 is 0. The number of carbonyl (C=O) groups excluding carboxylic acids is 1. The van der Waals surface area contributed by atoms with E-state index in [1.807, 2.05) is 42.5 Å². The fraction of sp³-hybridized carbons (Fsp3) is 0.261. The van der Waals surface area contributed by atoms with Gasteiger partial charge in [-0.3, -0.25) is 4.79 Å². The van der Waals surface area contributed by atoms with Crippen LogP contribution in [0.3, 0.4) is 0 Å². The Morgan fingerprint density at radius 3 is 2.57 bits per heavy atom. The van der Waals surface area contributed by atoms with Crippen molar-refractivity contribution < 1.29 is 18.7 Å². The predicted octanol–water partition coefficient (Wildman–Crippen LogP) is 3.99. The smallest absolute Gasteiger partial charge is 0.251 e. The average Bonchev–Trinajstić information content (AvgIpc) is 2.75. The molecule has 0 heterocycles. The van der Waals surface area contributed by atoms with Crippen molar-refractivity contribution in [2.75, 3.05) is 26.9 Å². The van der Waals surface area contributed by atoms with Gasteiger partial charge in [0.05, 0.1) is 25.9 Å². The van der Waals surface area contributed by atoms with Crippen LogP contribution in [-0.2, 0) is 16.1 Å². The third-order valence-corrected chi connectivity index (χ3v) is 4.71. The number of amides is 1. The maximum atomic E-state index is 14.0. The maximum absolute atomic E-state index is 14.0. The molecule has 3 N–H and O–H groups in total. The van der Waals surface area contributed by atoms with E-state index in [0.29, 0.717) is 24.3 Å². The molecule has 0 aliphatic carbocycles. The van der Waals surface area contributed by atoms with Crippen LogP contribution in [0.5, 0.6) is 0 Å². The summed E-state index contributed by atoms with van der Waals surface area (Å²) in [6, 6.07) is 17.9. The zero-order valence-corrected chi connectivity index (χ0v) is 17.6. The first-order valence-electron chi connectivity index (χ1n) is 9.47. The van der Waals surface area contributed by atoms with Crippen LogP contribution in [0.4, 0.5) is 4.39 Å². The molecule has 1 atom stereocenters. The van der Waals surface area contributed by atoms with Crippen LogP contribution in [0.25, 0.3) is 10.8 Å². The molecule has 0 fully saturated rings. The number of benzene rings is 3. The minimum Gasteiger partial charge on any atom is -0.382 e. The predicted molar refractivity (Wildman–Crippen MR) is 118 cm³/mol. The first kappa shape index (κ1) is 23.8. The molecule has 1 amide bonds. The van der Waals surface area contributed by atoms with Gasteiger partial charge in [-0.1, -0.05) is 36.4 Å². The standard InChI is InChI=1S/C23H25FN2O3.ClH/c1-28-10-11-29-15-20-13-19(8-9-21(20)24)23(27)26-22(14-25)18-7-6-16-4-2-3-5-17(16)12-18;/h2-9,12-13,22H,10-11,14-15,25H2,1H3,(H,26,27);1H. The number of halogens is 2. The molecule has 7 heteroatoms. The highest BCUT2D eigenvalue weighted by Gasteiger charge is 2.16. The summed E-state index contributed by atoms with van der Waals surface area (Å²) in [5.41, 5.74) is 7.52. The number of nitrogens with one attached hydrogen (secondary N) is 1. The number of hydrogen-bond donors (Lipinski definition) is 2. The lowest BCUT2D eigenvalue weighted by Crippen LogP contribution is -2.33. The zero-order valence-electron chi connectivity index (χ0n) is 16.8. The summed E-state index contributed by atoms with van der Waals surface area (Å²) in [5.74, 6) is -0.726. The first-order chi connectivity index (χ1) is 14.1. The van der Waals surface area contributed by atoms with Crippen LogP contribution in [0.1, 0.15) is 27.5 Å². The Labute approximate surface area is 181 Å². The molecule has 0 aliphatic heterocycles. The van der Waals surface area contributed by atoms with Gasteiger partial charge in [0.2, 0.25) is 0 Å². The van der Waals surface area contributed by atoms with Crippen LogP contribution in [0, 0.1) is 5.82 Å². The van der Waals surface area contributed by atoms with E-state index in [4.69, 9.17) is 15.2 Å². The lowest BCUT2D eigenvalue weighted by molar-refractivity contribution is 0.0603. The Balaban J connectivity index is 0.00000320. The molecule has 0 aliphatic rings. The minimum atomic E-state index is -0.413. The van der Waals surface area contributed by atoms with Crippen LogP contribution in [0.2, 0.25) is 0 Å². The maximum Gasteiger partial charge on any atom is 0.251 e. The Morgan fingerprint density at radius 1 is 1.07 bits per heavy atom. The third-order valence-electron chi connectivity index (χ3n) is 4.71. The summed E-state index contributed by atoms with van der Waals surface area (Å²) in [5, 5.41) is 5.14. The lowest BCUT2D eigenvalue weighted by atomic mass is 10.0. The molecule has 160 valence electrons. The van der Waals surface area contributed by atoms with E-state index in [1.54, 1.807) is 7.11 Å². The van der Waals surface area contributed by atoms with Gasteiger partial charge in [-0.15, -0.1) is 12.4 Å². The molecule has 0 bridgehead atoms. The van der Waals surface area contributed by atoms with Gasteiger partial charge in [0.1, 0.15) is 5.82 Å². The molecule has 3 aromatic carbocycles. The van der Waals surface area contributed by atoms with E-state index in [9.17, 15) is 9.18 Å². The number of hydrogen-bond acceptors (Lipinski definition) is 4. The van der Waals surface area contributed by atoms with Crippen LogP contribution in [-0.4, -0.2) is 32.8 Å². The Kier molecular flexibility index (Phi) is 9.20. The van der Waals surface area contributed by atoms with Crippen LogP contribution >= 0.6 is 12.4 Å². The molecule has 3 aromatic rings. The van der Waals surface area contributed by atoms with Crippen LogP contribution < -0.4 is 11.1 Å². The molecule has 0 saturated heterocycles. The van der Waals surface area contributed by atoms with Crippen molar-refractivity contribution in [3.63, 3.8) is 0 Å². The second-order valence-electron chi connectivity index (χ2n) is 6.72. The highest BCUT2D eigenvalue weighted by atomic mass is 35.5.